The lowest BCUT2D eigenvalue weighted by Gasteiger charge is -2.37. The molecule has 0 radical (unpaired) electrons. The highest BCUT2D eigenvalue weighted by Gasteiger charge is 2.20. The van der Waals surface area contributed by atoms with Crippen molar-refractivity contribution in [2.45, 2.75) is 39.0 Å². The predicted molar refractivity (Wildman–Crippen MR) is 130 cm³/mol. The highest BCUT2D eigenvalue weighted by Crippen LogP contribution is 2.22. The Morgan fingerprint density at radius 1 is 1.03 bits per heavy atom. The molecule has 0 amide bonds. The summed E-state index contributed by atoms with van der Waals surface area (Å²) in [6, 6.07) is 13.2. The number of likely N-dealkylation sites (tertiary alicyclic amines) is 1. The molecule has 2 aliphatic heterocycles. The summed E-state index contributed by atoms with van der Waals surface area (Å²) in [6.45, 7) is 10.7. The predicted octanol–water partition coefficient (Wildman–Crippen LogP) is 2.99. The first-order valence-electron chi connectivity index (χ1n) is 11.5. The second kappa shape index (κ2) is 11.0. The van der Waals surface area contributed by atoms with E-state index < -0.39 is 0 Å². The smallest absolute Gasteiger partial charge is 0.194 e. The Hall–Kier alpha value is -2.09. The maximum Gasteiger partial charge on any atom is 0.194 e. The van der Waals surface area contributed by atoms with Gasteiger partial charge in [-0.25, -0.2) is 4.99 Å². The molecule has 0 aliphatic carbocycles. The average molecular weight is 442 g/mol. The molecular weight excluding hydrogens is 406 g/mol. The van der Waals surface area contributed by atoms with Crippen molar-refractivity contribution in [1.29, 1.82) is 0 Å². The summed E-state index contributed by atoms with van der Waals surface area (Å²) in [5.41, 5.74) is 2.58. The number of piperidine rings is 1. The van der Waals surface area contributed by atoms with E-state index in [1.54, 1.807) is 0 Å². The molecule has 0 saturated carbocycles. The molecule has 7 heteroatoms. The second-order valence-corrected chi connectivity index (χ2v) is 9.35. The standard InChI is InChI=1S/C24H35N5OS/c1-2-25-24(29-15-13-28(14-16-29)23-4-3-17-31-23)26-18-20-5-7-21(8-6-20)19-27-11-9-22(30)10-12-27/h3-8,17,22,30H,2,9-16,18-19H2,1H3,(H,25,26). The number of rotatable bonds is 6. The van der Waals surface area contributed by atoms with Crippen molar-refractivity contribution < 1.29 is 5.11 Å². The summed E-state index contributed by atoms with van der Waals surface area (Å²) >= 11 is 1.82. The van der Waals surface area contributed by atoms with E-state index in [2.05, 4.69) is 68.7 Å². The van der Waals surface area contributed by atoms with E-state index in [0.717, 1.165) is 71.2 Å². The zero-order valence-electron chi connectivity index (χ0n) is 18.5. The number of piperazine rings is 1. The van der Waals surface area contributed by atoms with Gasteiger partial charge < -0.3 is 20.2 Å². The molecule has 31 heavy (non-hydrogen) atoms. The van der Waals surface area contributed by atoms with Crippen LogP contribution in [0.25, 0.3) is 0 Å². The Labute approximate surface area is 190 Å². The SMILES string of the molecule is CCNC(=NCc1ccc(CN2CCC(O)CC2)cc1)N1CCN(c2cccs2)CC1. The zero-order chi connectivity index (χ0) is 21.5. The quantitative estimate of drug-likeness (QED) is 0.533. The lowest BCUT2D eigenvalue weighted by molar-refractivity contribution is 0.0792. The van der Waals surface area contributed by atoms with E-state index in [-0.39, 0.29) is 6.10 Å². The molecule has 2 aliphatic rings. The van der Waals surface area contributed by atoms with Gasteiger partial charge in [0, 0.05) is 52.4 Å². The van der Waals surface area contributed by atoms with Crippen LogP contribution >= 0.6 is 11.3 Å². The molecular formula is C24H35N5OS. The Morgan fingerprint density at radius 3 is 2.39 bits per heavy atom. The van der Waals surface area contributed by atoms with Gasteiger partial charge >= 0.3 is 0 Å². The number of aliphatic imine (C=N–C) groups is 1. The van der Waals surface area contributed by atoms with Crippen molar-refractivity contribution in [3.63, 3.8) is 0 Å². The van der Waals surface area contributed by atoms with Crippen LogP contribution < -0.4 is 10.2 Å². The van der Waals surface area contributed by atoms with E-state index >= 15 is 0 Å². The van der Waals surface area contributed by atoms with Crippen LogP contribution in [0, 0.1) is 0 Å². The van der Waals surface area contributed by atoms with Gasteiger partial charge in [0.15, 0.2) is 5.96 Å². The van der Waals surface area contributed by atoms with Crippen LogP contribution in [0.4, 0.5) is 5.00 Å². The first kappa shape index (κ1) is 22.1. The molecule has 168 valence electrons. The largest absolute Gasteiger partial charge is 0.393 e. The number of hydrogen-bond donors (Lipinski definition) is 2. The van der Waals surface area contributed by atoms with Crippen LogP contribution in [-0.4, -0.2) is 72.8 Å². The maximum absolute atomic E-state index is 9.67. The molecule has 4 rings (SSSR count). The van der Waals surface area contributed by atoms with Crippen LogP contribution in [0.2, 0.25) is 0 Å². The minimum Gasteiger partial charge on any atom is -0.393 e. The first-order chi connectivity index (χ1) is 15.2. The van der Waals surface area contributed by atoms with Crippen LogP contribution in [0.3, 0.4) is 0 Å². The molecule has 3 heterocycles. The minimum absolute atomic E-state index is 0.110. The molecule has 1 aromatic carbocycles. The third-order valence-corrected chi connectivity index (χ3v) is 7.06. The number of aliphatic hydroxyl groups excluding tert-OH is 1. The minimum atomic E-state index is -0.110. The summed E-state index contributed by atoms with van der Waals surface area (Å²) in [5.74, 6) is 1.02. The van der Waals surface area contributed by atoms with Crippen molar-refractivity contribution in [3.05, 3.63) is 52.9 Å². The molecule has 2 N–H and O–H groups in total. The average Bonchev–Trinajstić information content (AvgIpc) is 3.34. The third-order valence-electron chi connectivity index (χ3n) is 6.13. The topological polar surface area (TPSA) is 54.3 Å². The zero-order valence-corrected chi connectivity index (χ0v) is 19.4. The molecule has 0 unspecified atom stereocenters. The van der Waals surface area contributed by atoms with Gasteiger partial charge in [0.05, 0.1) is 17.6 Å². The number of guanidine groups is 1. The summed E-state index contributed by atoms with van der Waals surface area (Å²) in [5, 5.41) is 16.7. The summed E-state index contributed by atoms with van der Waals surface area (Å²) in [6.07, 6.45) is 1.67. The first-order valence-corrected chi connectivity index (χ1v) is 12.4. The van der Waals surface area contributed by atoms with Gasteiger partial charge in [0.1, 0.15) is 0 Å². The van der Waals surface area contributed by atoms with Gasteiger partial charge in [0.25, 0.3) is 0 Å². The number of thiophene rings is 1. The van der Waals surface area contributed by atoms with E-state index in [1.807, 2.05) is 11.3 Å². The third kappa shape index (κ3) is 6.21. The van der Waals surface area contributed by atoms with E-state index in [9.17, 15) is 5.11 Å². The second-order valence-electron chi connectivity index (χ2n) is 8.42. The number of aliphatic hydroxyl groups is 1. The highest BCUT2D eigenvalue weighted by atomic mass is 32.1. The van der Waals surface area contributed by atoms with Crippen LogP contribution in [-0.2, 0) is 13.1 Å². The Bertz CT molecular complexity index is 807. The van der Waals surface area contributed by atoms with E-state index in [1.165, 1.54) is 16.1 Å². The van der Waals surface area contributed by atoms with Crippen molar-refractivity contribution in [2.24, 2.45) is 4.99 Å². The number of benzene rings is 1. The molecule has 2 saturated heterocycles. The van der Waals surface area contributed by atoms with E-state index in [0.29, 0.717) is 6.54 Å². The molecule has 0 atom stereocenters. The molecule has 2 fully saturated rings. The van der Waals surface area contributed by atoms with Crippen LogP contribution in [0.1, 0.15) is 30.9 Å². The maximum atomic E-state index is 9.67. The Morgan fingerprint density at radius 2 is 1.74 bits per heavy atom. The fourth-order valence-corrected chi connectivity index (χ4v) is 5.05. The Kier molecular flexibility index (Phi) is 7.83. The molecule has 0 bridgehead atoms. The normalized spacial score (nSPS) is 19.1. The van der Waals surface area contributed by atoms with Gasteiger partial charge in [-0.05, 0) is 48.4 Å². The monoisotopic (exact) mass is 441 g/mol. The van der Waals surface area contributed by atoms with Crippen molar-refractivity contribution >= 4 is 22.3 Å². The van der Waals surface area contributed by atoms with Crippen LogP contribution in [0.15, 0.2) is 46.8 Å². The lowest BCUT2D eigenvalue weighted by atomic mass is 10.1. The van der Waals surface area contributed by atoms with Crippen molar-refractivity contribution in [1.82, 2.24) is 15.1 Å². The summed E-state index contributed by atoms with van der Waals surface area (Å²) in [4.78, 5) is 12.2. The van der Waals surface area contributed by atoms with Gasteiger partial charge in [0.2, 0.25) is 0 Å². The Balaban J connectivity index is 1.30. The lowest BCUT2D eigenvalue weighted by Crippen LogP contribution is -2.52. The van der Waals surface area contributed by atoms with Crippen molar-refractivity contribution in [2.75, 3.05) is 50.7 Å². The molecule has 1 aromatic heterocycles. The number of hydrogen-bond acceptors (Lipinski definition) is 5. The van der Waals surface area contributed by atoms with E-state index in [4.69, 9.17) is 4.99 Å². The van der Waals surface area contributed by atoms with Gasteiger partial charge in [-0.15, -0.1) is 11.3 Å². The fraction of sp³-hybridized carbons (Fsp3) is 0.542. The van der Waals surface area contributed by atoms with Gasteiger partial charge in [-0.3, -0.25) is 4.90 Å². The summed E-state index contributed by atoms with van der Waals surface area (Å²) < 4.78 is 0. The molecule has 0 spiro atoms. The fourth-order valence-electron chi connectivity index (χ4n) is 4.27. The van der Waals surface area contributed by atoms with Crippen molar-refractivity contribution in [3.8, 4) is 0 Å². The highest BCUT2D eigenvalue weighted by molar-refractivity contribution is 7.14. The van der Waals surface area contributed by atoms with Crippen LogP contribution in [0.5, 0.6) is 0 Å². The number of anilines is 1. The number of nitrogens with zero attached hydrogens (tertiary/aromatic N) is 4. The molecule has 6 nitrogen and oxygen atoms in total. The molecule has 2 aromatic rings. The number of nitrogens with one attached hydrogen (secondary N) is 1. The van der Waals surface area contributed by atoms with Gasteiger partial charge in [-0.2, -0.15) is 0 Å². The van der Waals surface area contributed by atoms with Gasteiger partial charge in [-0.1, -0.05) is 24.3 Å². The summed E-state index contributed by atoms with van der Waals surface area (Å²) in [7, 11) is 0.